The third-order valence-electron chi connectivity index (χ3n) is 4.08. The Hall–Kier alpha value is -2.68. The molecule has 0 aliphatic carbocycles. The van der Waals surface area contributed by atoms with E-state index in [1.54, 1.807) is 6.07 Å². The zero-order valence-corrected chi connectivity index (χ0v) is 17.5. The van der Waals surface area contributed by atoms with E-state index < -0.39 is 21.7 Å². The van der Waals surface area contributed by atoms with Crippen molar-refractivity contribution < 1.29 is 18.0 Å². The number of carbonyl (C=O) groups is 2. The van der Waals surface area contributed by atoms with Crippen LogP contribution in [-0.2, 0) is 14.6 Å². The first-order chi connectivity index (χ1) is 13.8. The van der Waals surface area contributed by atoms with Gasteiger partial charge in [0.1, 0.15) is 5.00 Å². The first-order valence-electron chi connectivity index (χ1n) is 8.53. The van der Waals surface area contributed by atoms with Gasteiger partial charge in [-0.15, -0.1) is 11.3 Å². The number of rotatable bonds is 7. The van der Waals surface area contributed by atoms with Gasteiger partial charge in [-0.3, -0.25) is 9.59 Å². The van der Waals surface area contributed by atoms with Gasteiger partial charge in [0.15, 0.2) is 9.84 Å². The Balaban J connectivity index is 1.72. The van der Waals surface area contributed by atoms with Gasteiger partial charge in [0.05, 0.1) is 16.2 Å². The molecule has 0 atom stereocenters. The molecular weight excluding hydrogens is 432 g/mol. The molecule has 0 aliphatic rings. The summed E-state index contributed by atoms with van der Waals surface area (Å²) in [7, 11) is -3.64. The van der Waals surface area contributed by atoms with Crippen LogP contribution in [0.25, 0.3) is 10.4 Å². The number of halogens is 1. The van der Waals surface area contributed by atoms with Gasteiger partial charge in [0, 0.05) is 16.3 Å². The van der Waals surface area contributed by atoms with Crippen molar-refractivity contribution in [1.29, 1.82) is 0 Å². The van der Waals surface area contributed by atoms with Gasteiger partial charge >= 0.3 is 0 Å². The van der Waals surface area contributed by atoms with Crippen LogP contribution in [-0.4, -0.2) is 26.0 Å². The second kappa shape index (κ2) is 8.77. The highest BCUT2D eigenvalue weighted by molar-refractivity contribution is 7.91. The first-order valence-corrected chi connectivity index (χ1v) is 11.4. The number of nitrogens with two attached hydrogens (primary N) is 1. The molecule has 0 fully saturated rings. The minimum absolute atomic E-state index is 0.0926. The maximum Gasteiger partial charge on any atom is 0.251 e. The van der Waals surface area contributed by atoms with E-state index in [9.17, 15) is 18.0 Å². The molecule has 2 amide bonds. The van der Waals surface area contributed by atoms with E-state index in [1.807, 2.05) is 30.3 Å². The number of primary amides is 1. The van der Waals surface area contributed by atoms with Crippen LogP contribution < -0.4 is 11.1 Å². The molecule has 0 bridgehead atoms. The number of nitrogens with one attached hydrogen (secondary N) is 1. The summed E-state index contributed by atoms with van der Waals surface area (Å²) in [5, 5.41) is 3.33. The first kappa shape index (κ1) is 21.0. The van der Waals surface area contributed by atoms with Crippen molar-refractivity contribution in [3.63, 3.8) is 0 Å². The van der Waals surface area contributed by atoms with Crippen molar-refractivity contribution in [2.24, 2.45) is 5.73 Å². The number of sulfone groups is 1. The van der Waals surface area contributed by atoms with Crippen LogP contribution in [0.1, 0.15) is 16.8 Å². The molecule has 1 aromatic heterocycles. The third-order valence-corrected chi connectivity index (χ3v) is 7.16. The van der Waals surface area contributed by atoms with E-state index in [1.165, 1.54) is 35.6 Å². The molecule has 0 saturated heterocycles. The van der Waals surface area contributed by atoms with E-state index in [0.29, 0.717) is 10.0 Å². The molecule has 0 radical (unpaired) electrons. The van der Waals surface area contributed by atoms with Gasteiger partial charge in [-0.1, -0.05) is 41.9 Å². The van der Waals surface area contributed by atoms with Gasteiger partial charge in [-0.05, 0) is 35.9 Å². The summed E-state index contributed by atoms with van der Waals surface area (Å²) in [6.45, 7) is 0. The average Bonchev–Trinajstić information content (AvgIpc) is 3.12. The predicted molar refractivity (Wildman–Crippen MR) is 115 cm³/mol. The van der Waals surface area contributed by atoms with Crippen molar-refractivity contribution >= 4 is 49.6 Å². The van der Waals surface area contributed by atoms with Crippen molar-refractivity contribution in [2.75, 3.05) is 11.1 Å². The fourth-order valence-corrected chi connectivity index (χ4v) is 5.04. The minimum atomic E-state index is -3.64. The van der Waals surface area contributed by atoms with Crippen LogP contribution in [0.4, 0.5) is 5.00 Å². The number of benzene rings is 2. The lowest BCUT2D eigenvalue weighted by atomic mass is 10.1. The van der Waals surface area contributed by atoms with E-state index in [0.717, 1.165) is 10.4 Å². The van der Waals surface area contributed by atoms with Crippen LogP contribution in [0.2, 0.25) is 5.02 Å². The van der Waals surface area contributed by atoms with Crippen LogP contribution >= 0.6 is 22.9 Å². The summed E-state index contributed by atoms with van der Waals surface area (Å²) in [5.41, 5.74) is 6.49. The Bertz CT molecular complexity index is 1140. The fourth-order valence-electron chi connectivity index (χ4n) is 2.59. The molecule has 1 heterocycles. The van der Waals surface area contributed by atoms with Gasteiger partial charge in [-0.25, -0.2) is 8.42 Å². The zero-order chi connectivity index (χ0) is 21.0. The van der Waals surface area contributed by atoms with Gasteiger partial charge in [-0.2, -0.15) is 0 Å². The summed E-state index contributed by atoms with van der Waals surface area (Å²) in [6.07, 6.45) is -0.262. The Morgan fingerprint density at radius 3 is 2.31 bits per heavy atom. The topological polar surface area (TPSA) is 106 Å². The minimum Gasteiger partial charge on any atom is -0.366 e. The lowest BCUT2D eigenvalue weighted by Crippen LogP contribution is -2.19. The maximum absolute atomic E-state index is 12.4. The van der Waals surface area contributed by atoms with Gasteiger partial charge in [0.25, 0.3) is 5.91 Å². The highest BCUT2D eigenvalue weighted by Gasteiger charge is 2.20. The molecular formula is C20H17ClN2O4S2. The monoisotopic (exact) mass is 448 g/mol. The lowest BCUT2D eigenvalue weighted by Gasteiger charge is -2.06. The highest BCUT2D eigenvalue weighted by atomic mass is 35.5. The number of amides is 2. The molecule has 0 spiro atoms. The van der Waals surface area contributed by atoms with Crippen LogP contribution in [0.15, 0.2) is 65.6 Å². The molecule has 29 heavy (non-hydrogen) atoms. The van der Waals surface area contributed by atoms with Crippen molar-refractivity contribution in [3.8, 4) is 10.4 Å². The molecule has 3 N–H and O–H groups in total. The number of thiophene rings is 1. The number of hydrogen-bond donors (Lipinski definition) is 2. The van der Waals surface area contributed by atoms with Crippen molar-refractivity contribution in [3.05, 3.63) is 71.2 Å². The Kier molecular flexibility index (Phi) is 6.36. The summed E-state index contributed by atoms with van der Waals surface area (Å²) >= 11 is 6.97. The number of anilines is 1. The Morgan fingerprint density at radius 2 is 1.69 bits per heavy atom. The molecule has 3 rings (SSSR count). The van der Waals surface area contributed by atoms with E-state index in [2.05, 4.69) is 5.32 Å². The maximum atomic E-state index is 12.4. The molecule has 2 aromatic carbocycles. The molecule has 0 aliphatic heterocycles. The van der Waals surface area contributed by atoms with Gasteiger partial charge in [0.2, 0.25) is 5.91 Å². The van der Waals surface area contributed by atoms with E-state index in [4.69, 9.17) is 17.3 Å². The number of hydrogen-bond acceptors (Lipinski definition) is 5. The second-order valence-corrected chi connectivity index (χ2v) is 9.75. The zero-order valence-electron chi connectivity index (χ0n) is 15.1. The quantitative estimate of drug-likeness (QED) is 0.570. The van der Waals surface area contributed by atoms with Crippen LogP contribution in [0.3, 0.4) is 0 Å². The number of carbonyl (C=O) groups excluding carboxylic acids is 2. The SMILES string of the molecule is NC(=O)c1cc(-c2ccccc2)sc1NC(=O)CCS(=O)(=O)c1ccc(Cl)cc1. The molecule has 150 valence electrons. The summed E-state index contributed by atoms with van der Waals surface area (Å²) in [5.74, 6) is -1.57. The Morgan fingerprint density at radius 1 is 1.03 bits per heavy atom. The third kappa shape index (κ3) is 5.23. The van der Waals surface area contributed by atoms with Crippen LogP contribution in [0, 0.1) is 0 Å². The molecule has 0 saturated carbocycles. The molecule has 3 aromatic rings. The van der Waals surface area contributed by atoms with E-state index >= 15 is 0 Å². The fraction of sp³-hybridized carbons (Fsp3) is 0.100. The standard InChI is InChI=1S/C20H17ClN2O4S2/c21-14-6-8-15(9-7-14)29(26,27)11-10-18(24)23-20-16(19(22)25)12-17(28-20)13-4-2-1-3-5-13/h1-9,12H,10-11H2,(H2,22,25)(H,23,24). The van der Waals surface area contributed by atoms with Gasteiger partial charge < -0.3 is 11.1 Å². The average molecular weight is 449 g/mol. The smallest absolute Gasteiger partial charge is 0.251 e. The van der Waals surface area contributed by atoms with Crippen molar-refractivity contribution in [1.82, 2.24) is 0 Å². The predicted octanol–water partition coefficient (Wildman–Crippen LogP) is 3.97. The lowest BCUT2D eigenvalue weighted by molar-refractivity contribution is -0.115. The molecule has 0 unspecified atom stereocenters. The highest BCUT2D eigenvalue weighted by Crippen LogP contribution is 2.35. The normalized spacial score (nSPS) is 11.2. The Labute approximate surface area is 177 Å². The summed E-state index contributed by atoms with van der Waals surface area (Å²) in [6, 6.07) is 16.7. The molecule has 6 nitrogen and oxygen atoms in total. The van der Waals surface area contributed by atoms with Crippen LogP contribution in [0.5, 0.6) is 0 Å². The largest absolute Gasteiger partial charge is 0.366 e. The molecule has 9 heteroatoms. The van der Waals surface area contributed by atoms with Crippen molar-refractivity contribution in [2.45, 2.75) is 11.3 Å². The van der Waals surface area contributed by atoms with E-state index in [-0.39, 0.29) is 22.6 Å². The summed E-state index contributed by atoms with van der Waals surface area (Å²) in [4.78, 5) is 24.9. The second-order valence-electron chi connectivity index (χ2n) is 6.15. The summed E-state index contributed by atoms with van der Waals surface area (Å²) < 4.78 is 24.7.